The first kappa shape index (κ1) is 28.3. The molecule has 3 rings (SSSR count). The molecule has 2 heterocycles. The zero-order valence-electron chi connectivity index (χ0n) is 22.0. The van der Waals surface area contributed by atoms with Crippen LogP contribution in [0.25, 0.3) is 0 Å². The minimum Gasteiger partial charge on any atom is -0.487 e. The van der Waals surface area contributed by atoms with Crippen molar-refractivity contribution in [2.45, 2.75) is 50.9 Å². The molecule has 3 N–H and O–H groups in total. The fourth-order valence-electron chi connectivity index (χ4n) is 3.95. The summed E-state index contributed by atoms with van der Waals surface area (Å²) >= 11 is 0. The van der Waals surface area contributed by atoms with Crippen molar-refractivity contribution in [2.24, 2.45) is 13.0 Å². The Labute approximate surface area is 217 Å². The van der Waals surface area contributed by atoms with E-state index in [4.69, 9.17) is 4.74 Å². The maximum absolute atomic E-state index is 13.6. The number of carbonyl (C=O) groups excluding carboxylic acids is 2. The lowest BCUT2D eigenvalue weighted by Crippen LogP contribution is -2.51. The molecule has 0 radical (unpaired) electrons. The van der Waals surface area contributed by atoms with Crippen LogP contribution in [0.3, 0.4) is 0 Å². The molecule has 1 aromatic heterocycles. The van der Waals surface area contributed by atoms with Gasteiger partial charge in [-0.25, -0.2) is 9.78 Å². The standard InChI is InChI=1S/C24H36N6O6S/c1-15(2)26-24(33)29(6)11-21-16(3)10-30(17(4)13-31)23(32)19-9-18(7-8-20(19)36-21)27-37(34,35)22-12-28(5)14-25-22/h7-9,12,14-17,21,27,31H,10-11,13H2,1-6H3,(H,26,33)/t16-,17+,21-/m0/s1. The van der Waals surface area contributed by atoms with Crippen LogP contribution in [0.4, 0.5) is 10.5 Å². The molecule has 0 spiro atoms. The highest BCUT2D eigenvalue weighted by atomic mass is 32.2. The molecule has 0 fully saturated rings. The summed E-state index contributed by atoms with van der Waals surface area (Å²) in [5.41, 5.74) is 0.310. The van der Waals surface area contributed by atoms with Crippen LogP contribution in [0.15, 0.2) is 35.7 Å². The fourth-order valence-corrected chi connectivity index (χ4v) is 4.98. The first-order valence-corrected chi connectivity index (χ1v) is 13.6. The molecule has 3 atom stereocenters. The number of aliphatic hydroxyl groups excluding tert-OH is 1. The Morgan fingerprint density at radius 2 is 2.03 bits per heavy atom. The van der Waals surface area contributed by atoms with E-state index < -0.39 is 28.1 Å². The second kappa shape index (κ2) is 11.4. The van der Waals surface area contributed by atoms with E-state index in [0.29, 0.717) is 0 Å². The van der Waals surface area contributed by atoms with Gasteiger partial charge in [-0.15, -0.1) is 0 Å². The molecular weight excluding hydrogens is 500 g/mol. The van der Waals surface area contributed by atoms with Crippen molar-refractivity contribution >= 4 is 27.6 Å². The molecular formula is C24H36N6O6S. The lowest BCUT2D eigenvalue weighted by molar-refractivity contribution is 0.0366. The van der Waals surface area contributed by atoms with Crippen molar-refractivity contribution in [1.29, 1.82) is 0 Å². The van der Waals surface area contributed by atoms with Crippen LogP contribution in [0.5, 0.6) is 5.75 Å². The summed E-state index contributed by atoms with van der Waals surface area (Å²) in [5, 5.41) is 12.5. The van der Waals surface area contributed by atoms with E-state index in [1.54, 1.807) is 25.9 Å². The van der Waals surface area contributed by atoms with Crippen molar-refractivity contribution in [3.8, 4) is 5.75 Å². The Kier molecular flexibility index (Phi) is 8.69. The number of carbonyl (C=O) groups is 2. The van der Waals surface area contributed by atoms with Crippen LogP contribution >= 0.6 is 0 Å². The zero-order chi connectivity index (χ0) is 27.5. The minimum atomic E-state index is -3.98. The van der Waals surface area contributed by atoms with Crippen LogP contribution in [-0.4, -0.2) is 89.7 Å². The summed E-state index contributed by atoms with van der Waals surface area (Å²) in [7, 11) is -0.654. The smallest absolute Gasteiger partial charge is 0.317 e. The highest BCUT2D eigenvalue weighted by Gasteiger charge is 2.34. The molecule has 0 unspecified atom stereocenters. The molecule has 37 heavy (non-hydrogen) atoms. The molecule has 204 valence electrons. The van der Waals surface area contributed by atoms with Gasteiger partial charge in [0.05, 0.1) is 31.1 Å². The summed E-state index contributed by atoms with van der Waals surface area (Å²) in [6, 6.07) is 3.69. The maximum atomic E-state index is 13.6. The number of amides is 3. The summed E-state index contributed by atoms with van der Waals surface area (Å²) in [6.07, 6.45) is 2.27. The first-order chi connectivity index (χ1) is 17.3. The third kappa shape index (κ3) is 6.72. The van der Waals surface area contributed by atoms with Crippen molar-refractivity contribution in [2.75, 3.05) is 31.5 Å². The van der Waals surface area contributed by atoms with Gasteiger partial charge < -0.3 is 29.5 Å². The normalized spacial score (nSPS) is 18.9. The molecule has 0 bridgehead atoms. The fraction of sp³-hybridized carbons (Fsp3) is 0.542. The molecule has 3 amide bonds. The van der Waals surface area contributed by atoms with E-state index in [1.807, 2.05) is 20.8 Å². The topological polar surface area (TPSA) is 146 Å². The molecule has 1 aliphatic heterocycles. The van der Waals surface area contributed by atoms with Crippen LogP contribution in [0.2, 0.25) is 0 Å². The van der Waals surface area contributed by atoms with Crippen molar-refractivity contribution in [3.63, 3.8) is 0 Å². The van der Waals surface area contributed by atoms with Gasteiger partial charge in [0.2, 0.25) is 0 Å². The Bertz CT molecular complexity index is 1230. The maximum Gasteiger partial charge on any atom is 0.317 e. The molecule has 12 nitrogen and oxygen atoms in total. The molecule has 13 heteroatoms. The number of ether oxygens (including phenoxy) is 1. The van der Waals surface area contributed by atoms with E-state index in [-0.39, 0.29) is 59.7 Å². The van der Waals surface area contributed by atoms with E-state index in [9.17, 15) is 23.1 Å². The highest BCUT2D eigenvalue weighted by Crippen LogP contribution is 2.31. The quantitative estimate of drug-likeness (QED) is 0.463. The van der Waals surface area contributed by atoms with Gasteiger partial charge in [0.1, 0.15) is 11.9 Å². The number of urea groups is 1. The molecule has 0 saturated carbocycles. The van der Waals surface area contributed by atoms with E-state index in [1.165, 1.54) is 40.2 Å². The summed E-state index contributed by atoms with van der Waals surface area (Å²) in [5.74, 6) is -0.315. The van der Waals surface area contributed by atoms with Gasteiger partial charge in [0, 0.05) is 44.5 Å². The predicted octanol–water partition coefficient (Wildman–Crippen LogP) is 1.49. The number of hydrogen-bond donors (Lipinski definition) is 3. The SMILES string of the molecule is CC(C)NC(=O)N(C)C[C@@H]1Oc2ccc(NS(=O)(=O)c3cn(C)cn3)cc2C(=O)N([C@H](C)CO)C[C@@H]1C. The molecule has 2 aromatic rings. The number of anilines is 1. The molecule has 0 saturated heterocycles. The third-order valence-electron chi connectivity index (χ3n) is 6.09. The number of nitrogens with one attached hydrogen (secondary N) is 2. The van der Waals surface area contributed by atoms with E-state index in [0.717, 1.165) is 0 Å². The molecule has 0 aliphatic carbocycles. The monoisotopic (exact) mass is 536 g/mol. The number of sulfonamides is 1. The van der Waals surface area contributed by atoms with Crippen molar-refractivity contribution in [3.05, 3.63) is 36.3 Å². The number of aromatic nitrogens is 2. The Morgan fingerprint density at radius 1 is 1.32 bits per heavy atom. The number of rotatable bonds is 8. The second-order valence-electron chi connectivity index (χ2n) is 9.80. The van der Waals surface area contributed by atoms with Crippen LogP contribution < -0.4 is 14.8 Å². The average Bonchev–Trinajstić information content (AvgIpc) is 3.27. The summed E-state index contributed by atoms with van der Waals surface area (Å²) in [4.78, 5) is 33.0. The van der Waals surface area contributed by atoms with Crippen LogP contribution in [-0.2, 0) is 17.1 Å². The number of fused-ring (bicyclic) bond motifs is 1. The summed E-state index contributed by atoms with van der Waals surface area (Å²) in [6.45, 7) is 7.67. The summed E-state index contributed by atoms with van der Waals surface area (Å²) < 4.78 is 35.8. The zero-order valence-corrected chi connectivity index (χ0v) is 22.8. The number of benzene rings is 1. The number of hydrogen-bond acceptors (Lipinski definition) is 7. The van der Waals surface area contributed by atoms with E-state index in [2.05, 4.69) is 15.0 Å². The molecule has 1 aliphatic rings. The largest absolute Gasteiger partial charge is 0.487 e. The first-order valence-electron chi connectivity index (χ1n) is 12.1. The lowest BCUT2D eigenvalue weighted by atomic mass is 9.99. The van der Waals surface area contributed by atoms with Crippen molar-refractivity contribution in [1.82, 2.24) is 24.7 Å². The number of aryl methyl sites for hydroxylation is 1. The Hall–Kier alpha value is -3.32. The van der Waals surface area contributed by atoms with E-state index >= 15 is 0 Å². The van der Waals surface area contributed by atoms with Gasteiger partial charge in [-0.2, -0.15) is 8.42 Å². The average molecular weight is 537 g/mol. The van der Waals surface area contributed by atoms with Gasteiger partial charge >= 0.3 is 6.03 Å². The van der Waals surface area contributed by atoms with Gasteiger partial charge in [-0.1, -0.05) is 6.92 Å². The Balaban J connectivity index is 1.96. The minimum absolute atomic E-state index is 0.0295. The number of nitrogens with zero attached hydrogens (tertiary/aromatic N) is 4. The van der Waals surface area contributed by atoms with Gasteiger partial charge in [-0.05, 0) is 39.0 Å². The van der Waals surface area contributed by atoms with Gasteiger partial charge in [0.15, 0.2) is 5.03 Å². The number of likely N-dealkylation sites (N-methyl/N-ethyl adjacent to an activating group) is 1. The lowest BCUT2D eigenvalue weighted by Gasteiger charge is -2.38. The number of aliphatic hydroxyl groups is 1. The third-order valence-corrected chi connectivity index (χ3v) is 7.35. The van der Waals surface area contributed by atoms with Gasteiger partial charge in [0.25, 0.3) is 15.9 Å². The van der Waals surface area contributed by atoms with Crippen LogP contribution in [0, 0.1) is 5.92 Å². The number of imidazole rings is 1. The molecule has 1 aromatic carbocycles. The van der Waals surface area contributed by atoms with Crippen LogP contribution in [0.1, 0.15) is 38.1 Å². The Morgan fingerprint density at radius 3 is 2.62 bits per heavy atom. The van der Waals surface area contributed by atoms with Crippen molar-refractivity contribution < 1.29 is 27.9 Å². The second-order valence-corrected chi connectivity index (χ2v) is 11.4. The van der Waals surface area contributed by atoms with Gasteiger partial charge in [-0.3, -0.25) is 9.52 Å². The highest BCUT2D eigenvalue weighted by molar-refractivity contribution is 7.92. The predicted molar refractivity (Wildman–Crippen MR) is 138 cm³/mol.